The summed E-state index contributed by atoms with van der Waals surface area (Å²) in [4.78, 5) is 27.2. The first-order valence-electron chi connectivity index (χ1n) is 14.6. The van der Waals surface area contributed by atoms with Gasteiger partial charge in [0.2, 0.25) is 0 Å². The van der Waals surface area contributed by atoms with Gasteiger partial charge in [0.05, 0.1) is 33.0 Å². The average Bonchev–Trinajstić information content (AvgIpc) is 3.47. The standard InChI is InChI=1S/C33H36N5O7P/c1-41-26-13-9-24(10-14-26)33(23-7-4-3-5-8-23,25-11-15-27(42-2)16-12-25)43-22-29-28(45-46(40)36-19-6-18-34)21-31(44-29)38-20-17-30(35)37-32(38)39/h3-5,7-17,20,28-29,31,36,40H,6,19,21-22H2,1-2H3,(H2,35,37,39)/t28-,29+,31+,46?/m0/s1. The van der Waals surface area contributed by atoms with Crippen molar-refractivity contribution in [3.63, 3.8) is 0 Å². The first-order chi connectivity index (χ1) is 22.4. The van der Waals surface area contributed by atoms with Gasteiger partial charge in [-0.05, 0) is 47.0 Å². The number of nitriles is 1. The molecule has 0 aliphatic carbocycles. The topological polar surface area (TPSA) is 163 Å². The Morgan fingerprint density at radius 2 is 1.63 bits per heavy atom. The number of hydrogen-bond acceptors (Lipinski definition) is 11. The number of nitrogens with zero attached hydrogens (tertiary/aromatic N) is 3. The van der Waals surface area contributed by atoms with Crippen LogP contribution in [0.5, 0.6) is 11.5 Å². The molecule has 240 valence electrons. The molecule has 1 aliphatic rings. The van der Waals surface area contributed by atoms with Crippen molar-refractivity contribution in [2.24, 2.45) is 0 Å². The molecule has 1 fully saturated rings. The number of ether oxygens (including phenoxy) is 4. The number of methoxy groups -OCH3 is 2. The molecule has 13 heteroatoms. The lowest BCUT2D eigenvalue weighted by Gasteiger charge is -2.37. The van der Waals surface area contributed by atoms with Gasteiger partial charge in [-0.3, -0.25) is 4.57 Å². The lowest BCUT2D eigenvalue weighted by atomic mass is 9.80. The molecule has 46 heavy (non-hydrogen) atoms. The minimum absolute atomic E-state index is 0.00659. The normalized spacial score (nSPS) is 18.5. The van der Waals surface area contributed by atoms with Crippen LogP contribution in [-0.4, -0.2) is 54.0 Å². The van der Waals surface area contributed by atoms with Gasteiger partial charge >= 0.3 is 5.69 Å². The number of rotatable bonds is 14. The summed E-state index contributed by atoms with van der Waals surface area (Å²) in [6.45, 7) is 0.261. The number of aromatic nitrogens is 2. The molecule has 4 N–H and O–H groups in total. The molecular weight excluding hydrogens is 609 g/mol. The van der Waals surface area contributed by atoms with Crippen molar-refractivity contribution < 1.29 is 28.4 Å². The van der Waals surface area contributed by atoms with Crippen LogP contribution in [0.4, 0.5) is 5.82 Å². The van der Waals surface area contributed by atoms with E-state index in [0.717, 1.165) is 16.7 Å². The molecule has 0 saturated carbocycles. The molecule has 0 bridgehead atoms. The van der Waals surface area contributed by atoms with E-state index < -0.39 is 38.3 Å². The maximum atomic E-state index is 12.7. The fraction of sp³-hybridized carbons (Fsp3) is 0.303. The Bertz CT molecular complexity index is 1620. The van der Waals surface area contributed by atoms with Crippen molar-refractivity contribution in [1.29, 1.82) is 5.26 Å². The third kappa shape index (κ3) is 7.37. The van der Waals surface area contributed by atoms with Gasteiger partial charge in [0.1, 0.15) is 35.2 Å². The highest BCUT2D eigenvalue weighted by molar-refractivity contribution is 7.43. The Balaban J connectivity index is 1.54. The maximum absolute atomic E-state index is 12.7. The molecule has 1 unspecified atom stereocenters. The average molecular weight is 646 g/mol. The molecule has 5 rings (SSSR count). The van der Waals surface area contributed by atoms with Crippen LogP contribution in [0.15, 0.2) is 95.9 Å². The van der Waals surface area contributed by atoms with Gasteiger partial charge in [0.25, 0.3) is 8.53 Å². The highest BCUT2D eigenvalue weighted by Crippen LogP contribution is 2.44. The molecule has 12 nitrogen and oxygen atoms in total. The quantitative estimate of drug-likeness (QED) is 0.102. The molecule has 4 aromatic rings. The van der Waals surface area contributed by atoms with Gasteiger partial charge < -0.3 is 34.1 Å². The Morgan fingerprint density at radius 1 is 1.02 bits per heavy atom. The summed E-state index contributed by atoms with van der Waals surface area (Å²) in [5, 5.41) is 11.7. The Kier molecular flexibility index (Phi) is 11.0. The van der Waals surface area contributed by atoms with Crippen molar-refractivity contribution in [1.82, 2.24) is 14.6 Å². The number of hydrogen-bond donors (Lipinski definition) is 3. The van der Waals surface area contributed by atoms with Crippen LogP contribution in [0.2, 0.25) is 0 Å². The van der Waals surface area contributed by atoms with Crippen molar-refractivity contribution in [3.05, 3.63) is 118 Å². The first kappa shape index (κ1) is 33.0. The SMILES string of the molecule is COc1ccc(C(OC[C@H]2O[C@@H](n3ccc(N)nc3=O)C[C@@H]2OP(O)NCCC#N)(c2ccccc2)c2ccc(OC)cc2)cc1. The van der Waals surface area contributed by atoms with Gasteiger partial charge in [0.15, 0.2) is 0 Å². The molecule has 1 aromatic heterocycles. The van der Waals surface area contributed by atoms with E-state index in [1.165, 1.54) is 16.8 Å². The molecular formula is C33H36N5O7P. The van der Waals surface area contributed by atoms with Crippen LogP contribution in [0.3, 0.4) is 0 Å². The van der Waals surface area contributed by atoms with E-state index in [1.807, 2.05) is 84.9 Å². The van der Waals surface area contributed by atoms with E-state index in [-0.39, 0.29) is 31.8 Å². The third-order valence-electron chi connectivity index (χ3n) is 7.70. The van der Waals surface area contributed by atoms with Crippen LogP contribution >= 0.6 is 8.53 Å². The second-order valence-electron chi connectivity index (χ2n) is 10.5. The molecule has 4 atom stereocenters. The largest absolute Gasteiger partial charge is 0.497 e. The minimum Gasteiger partial charge on any atom is -0.497 e. The highest BCUT2D eigenvalue weighted by Gasteiger charge is 2.43. The molecule has 0 amide bonds. The van der Waals surface area contributed by atoms with Crippen LogP contribution < -0.4 is 26.0 Å². The number of nitrogen functional groups attached to an aromatic ring is 1. The maximum Gasteiger partial charge on any atom is 0.351 e. The number of nitrogens with one attached hydrogen (secondary N) is 1. The van der Waals surface area contributed by atoms with Gasteiger partial charge in [-0.25, -0.2) is 9.88 Å². The molecule has 1 aliphatic heterocycles. The van der Waals surface area contributed by atoms with Crippen LogP contribution in [0.25, 0.3) is 0 Å². The fourth-order valence-corrected chi connectivity index (χ4v) is 6.29. The van der Waals surface area contributed by atoms with E-state index in [4.69, 9.17) is 34.5 Å². The number of anilines is 1. The lowest BCUT2D eigenvalue weighted by Crippen LogP contribution is -2.38. The van der Waals surface area contributed by atoms with Gasteiger partial charge in [0, 0.05) is 25.6 Å². The fourth-order valence-electron chi connectivity index (χ4n) is 5.43. The van der Waals surface area contributed by atoms with Crippen LogP contribution in [-0.2, 0) is 19.6 Å². The smallest absolute Gasteiger partial charge is 0.351 e. The Hall–Kier alpha value is -4.34. The second kappa shape index (κ2) is 15.3. The van der Waals surface area contributed by atoms with E-state index in [1.54, 1.807) is 14.2 Å². The van der Waals surface area contributed by atoms with Crippen molar-refractivity contribution in [3.8, 4) is 17.6 Å². The number of benzene rings is 3. The molecule has 2 heterocycles. The van der Waals surface area contributed by atoms with Crippen molar-refractivity contribution >= 4 is 14.3 Å². The molecule has 3 aromatic carbocycles. The summed E-state index contributed by atoms with van der Waals surface area (Å²) in [6, 6.07) is 28.7. The van der Waals surface area contributed by atoms with E-state index in [2.05, 4.69) is 10.1 Å². The summed E-state index contributed by atoms with van der Waals surface area (Å²) in [7, 11) is 1.12. The van der Waals surface area contributed by atoms with Crippen molar-refractivity contribution in [2.75, 3.05) is 33.1 Å². The van der Waals surface area contributed by atoms with E-state index in [0.29, 0.717) is 11.5 Å². The summed E-state index contributed by atoms with van der Waals surface area (Å²) < 4.78 is 31.7. The summed E-state index contributed by atoms with van der Waals surface area (Å²) >= 11 is 0. The predicted molar refractivity (Wildman–Crippen MR) is 172 cm³/mol. The Labute approximate surface area is 268 Å². The van der Waals surface area contributed by atoms with Crippen LogP contribution in [0.1, 0.15) is 35.8 Å². The highest BCUT2D eigenvalue weighted by atomic mass is 31.2. The molecule has 1 saturated heterocycles. The third-order valence-corrected chi connectivity index (χ3v) is 8.66. The second-order valence-corrected chi connectivity index (χ2v) is 11.5. The van der Waals surface area contributed by atoms with Crippen molar-refractivity contribution in [2.45, 2.75) is 36.9 Å². The monoisotopic (exact) mass is 645 g/mol. The lowest BCUT2D eigenvalue weighted by molar-refractivity contribution is -0.0915. The minimum atomic E-state index is -2.10. The van der Waals surface area contributed by atoms with Gasteiger partial charge in [-0.2, -0.15) is 10.2 Å². The zero-order chi connectivity index (χ0) is 32.5. The Morgan fingerprint density at radius 3 is 2.20 bits per heavy atom. The number of nitrogens with two attached hydrogens (primary N) is 1. The zero-order valence-electron chi connectivity index (χ0n) is 25.5. The van der Waals surface area contributed by atoms with Gasteiger partial charge in [-0.1, -0.05) is 54.6 Å². The zero-order valence-corrected chi connectivity index (χ0v) is 26.4. The molecule has 0 spiro atoms. The van der Waals surface area contributed by atoms with E-state index in [9.17, 15) is 9.69 Å². The summed E-state index contributed by atoms with van der Waals surface area (Å²) in [5.41, 5.74) is 6.54. The predicted octanol–water partition coefficient (Wildman–Crippen LogP) is 4.25. The van der Waals surface area contributed by atoms with E-state index >= 15 is 0 Å². The van der Waals surface area contributed by atoms with Gasteiger partial charge in [-0.15, -0.1) is 0 Å². The molecule has 0 radical (unpaired) electrons. The first-order valence-corrected chi connectivity index (χ1v) is 15.8. The summed E-state index contributed by atoms with van der Waals surface area (Å²) in [5.74, 6) is 1.48. The summed E-state index contributed by atoms with van der Waals surface area (Å²) in [6.07, 6.45) is -0.206. The van der Waals surface area contributed by atoms with Crippen LogP contribution in [0, 0.1) is 11.3 Å².